The quantitative estimate of drug-likeness (QED) is 0.771. The molecule has 1 unspecified atom stereocenters. The van der Waals surface area contributed by atoms with Gasteiger partial charge in [0, 0.05) is 12.5 Å². The molecule has 0 saturated carbocycles. The van der Waals surface area contributed by atoms with E-state index in [1.807, 2.05) is 32.0 Å². The normalized spacial score (nSPS) is 12.5. The molecule has 0 aliphatic heterocycles. The first kappa shape index (κ1) is 12.0. The maximum atomic E-state index is 9.17. The fourth-order valence-electron chi connectivity index (χ4n) is 1.66. The Hall–Kier alpha value is -1.06. The first-order valence-electron chi connectivity index (χ1n) is 5.27. The Bertz CT molecular complexity index is 308. The van der Waals surface area contributed by atoms with Crippen LogP contribution in [0.5, 0.6) is 5.75 Å². The van der Waals surface area contributed by atoms with Gasteiger partial charge in [-0.05, 0) is 37.1 Å². The molecule has 0 spiro atoms. The van der Waals surface area contributed by atoms with Crippen LogP contribution in [0.3, 0.4) is 0 Å². The van der Waals surface area contributed by atoms with Crippen molar-refractivity contribution in [2.45, 2.75) is 19.8 Å². The van der Waals surface area contributed by atoms with Gasteiger partial charge in [0.1, 0.15) is 5.75 Å². The van der Waals surface area contributed by atoms with Gasteiger partial charge in [-0.2, -0.15) is 0 Å². The van der Waals surface area contributed by atoms with Crippen LogP contribution >= 0.6 is 0 Å². The highest BCUT2D eigenvalue weighted by molar-refractivity contribution is 5.37. The molecule has 0 amide bonds. The molecule has 1 aromatic rings. The average molecular weight is 209 g/mol. The van der Waals surface area contributed by atoms with Crippen LogP contribution in [0, 0.1) is 6.92 Å². The highest BCUT2D eigenvalue weighted by Crippen LogP contribution is 2.23. The Morgan fingerprint density at radius 3 is 2.67 bits per heavy atom. The lowest BCUT2D eigenvalue weighted by Crippen LogP contribution is -2.17. The van der Waals surface area contributed by atoms with E-state index in [-0.39, 0.29) is 12.5 Å². The summed E-state index contributed by atoms with van der Waals surface area (Å²) in [6.07, 6.45) is 0. The van der Waals surface area contributed by atoms with Crippen LogP contribution in [0.2, 0.25) is 0 Å². The van der Waals surface area contributed by atoms with Gasteiger partial charge in [-0.25, -0.2) is 0 Å². The molecule has 0 radical (unpaired) electrons. The second-order valence-electron chi connectivity index (χ2n) is 3.57. The lowest BCUT2D eigenvalue weighted by molar-refractivity contribution is 0.267. The second kappa shape index (κ2) is 5.73. The SMILES string of the molecule is CCOc1ccc(C(CN)CO)c(C)c1. The van der Waals surface area contributed by atoms with Gasteiger partial charge in [0.25, 0.3) is 0 Å². The zero-order chi connectivity index (χ0) is 11.3. The number of ether oxygens (including phenoxy) is 1. The lowest BCUT2D eigenvalue weighted by atomic mass is 9.95. The first-order chi connectivity index (χ1) is 7.22. The molecule has 1 atom stereocenters. The van der Waals surface area contributed by atoms with Gasteiger partial charge < -0.3 is 15.6 Å². The van der Waals surface area contributed by atoms with E-state index in [4.69, 9.17) is 15.6 Å². The van der Waals surface area contributed by atoms with E-state index in [0.717, 1.165) is 16.9 Å². The smallest absolute Gasteiger partial charge is 0.119 e. The molecule has 0 saturated heterocycles. The summed E-state index contributed by atoms with van der Waals surface area (Å²) in [5, 5.41) is 9.17. The standard InChI is InChI=1S/C12H19NO2/c1-3-15-11-4-5-12(9(2)6-11)10(7-13)8-14/h4-6,10,14H,3,7-8,13H2,1-2H3. The fraction of sp³-hybridized carbons (Fsp3) is 0.500. The van der Waals surface area contributed by atoms with E-state index in [1.165, 1.54) is 0 Å². The van der Waals surface area contributed by atoms with E-state index in [0.29, 0.717) is 13.2 Å². The summed E-state index contributed by atoms with van der Waals surface area (Å²) in [7, 11) is 0. The van der Waals surface area contributed by atoms with Crippen LogP contribution in [-0.4, -0.2) is 24.9 Å². The summed E-state index contributed by atoms with van der Waals surface area (Å²) in [5.74, 6) is 0.896. The van der Waals surface area contributed by atoms with Crippen molar-refractivity contribution in [2.24, 2.45) is 5.73 Å². The minimum atomic E-state index is 0.0284. The van der Waals surface area contributed by atoms with Crippen molar-refractivity contribution in [3.63, 3.8) is 0 Å². The van der Waals surface area contributed by atoms with Gasteiger partial charge in [-0.1, -0.05) is 6.07 Å². The predicted octanol–water partition coefficient (Wildman–Crippen LogP) is 1.43. The Morgan fingerprint density at radius 2 is 2.20 bits per heavy atom. The average Bonchev–Trinajstić information content (AvgIpc) is 2.23. The van der Waals surface area contributed by atoms with Crippen molar-refractivity contribution in [2.75, 3.05) is 19.8 Å². The van der Waals surface area contributed by atoms with Crippen molar-refractivity contribution >= 4 is 0 Å². The third-order valence-corrected chi connectivity index (χ3v) is 2.50. The summed E-state index contributed by atoms with van der Waals surface area (Å²) in [4.78, 5) is 0. The van der Waals surface area contributed by atoms with Crippen LogP contribution in [-0.2, 0) is 0 Å². The molecule has 0 fully saturated rings. The Balaban J connectivity index is 2.91. The molecule has 0 bridgehead atoms. The summed E-state index contributed by atoms with van der Waals surface area (Å²) >= 11 is 0. The molecular formula is C12H19NO2. The Kier molecular flexibility index (Phi) is 4.59. The van der Waals surface area contributed by atoms with Crippen molar-refractivity contribution in [3.8, 4) is 5.75 Å². The first-order valence-corrected chi connectivity index (χ1v) is 5.27. The maximum absolute atomic E-state index is 9.17. The molecule has 1 rings (SSSR count). The summed E-state index contributed by atoms with van der Waals surface area (Å²) in [6.45, 7) is 5.19. The van der Waals surface area contributed by atoms with Gasteiger partial charge in [0.05, 0.1) is 13.2 Å². The molecule has 84 valence electrons. The van der Waals surface area contributed by atoms with Crippen LogP contribution in [0.25, 0.3) is 0 Å². The maximum Gasteiger partial charge on any atom is 0.119 e. The summed E-state index contributed by atoms with van der Waals surface area (Å²) < 4.78 is 5.39. The third-order valence-electron chi connectivity index (χ3n) is 2.50. The van der Waals surface area contributed by atoms with E-state index in [2.05, 4.69) is 0 Å². The molecule has 1 aromatic carbocycles. The van der Waals surface area contributed by atoms with Crippen molar-refractivity contribution < 1.29 is 9.84 Å². The molecule has 3 nitrogen and oxygen atoms in total. The number of rotatable bonds is 5. The number of aliphatic hydroxyl groups excluding tert-OH is 1. The lowest BCUT2D eigenvalue weighted by Gasteiger charge is -2.15. The number of nitrogens with two attached hydrogens (primary N) is 1. The topological polar surface area (TPSA) is 55.5 Å². The molecule has 0 aromatic heterocycles. The van der Waals surface area contributed by atoms with Gasteiger partial charge in [-0.15, -0.1) is 0 Å². The third kappa shape index (κ3) is 2.94. The van der Waals surface area contributed by atoms with Crippen LogP contribution < -0.4 is 10.5 Å². The van der Waals surface area contributed by atoms with Crippen LogP contribution in [0.4, 0.5) is 0 Å². The van der Waals surface area contributed by atoms with Crippen molar-refractivity contribution in [1.82, 2.24) is 0 Å². The zero-order valence-corrected chi connectivity index (χ0v) is 9.36. The van der Waals surface area contributed by atoms with Gasteiger partial charge in [0.15, 0.2) is 0 Å². The van der Waals surface area contributed by atoms with E-state index >= 15 is 0 Å². The zero-order valence-electron chi connectivity index (χ0n) is 9.36. The largest absolute Gasteiger partial charge is 0.494 e. The molecule has 3 heteroatoms. The molecule has 15 heavy (non-hydrogen) atoms. The molecular weight excluding hydrogens is 190 g/mol. The second-order valence-corrected chi connectivity index (χ2v) is 3.57. The highest BCUT2D eigenvalue weighted by atomic mass is 16.5. The van der Waals surface area contributed by atoms with Gasteiger partial charge >= 0.3 is 0 Å². The minimum absolute atomic E-state index is 0.0284. The van der Waals surface area contributed by atoms with E-state index < -0.39 is 0 Å². The molecule has 0 heterocycles. The Labute approximate surface area is 90.9 Å². The van der Waals surface area contributed by atoms with E-state index in [1.54, 1.807) is 0 Å². The number of benzene rings is 1. The highest BCUT2D eigenvalue weighted by Gasteiger charge is 2.11. The van der Waals surface area contributed by atoms with E-state index in [9.17, 15) is 0 Å². The van der Waals surface area contributed by atoms with Crippen LogP contribution in [0.1, 0.15) is 24.0 Å². The van der Waals surface area contributed by atoms with Crippen molar-refractivity contribution in [1.29, 1.82) is 0 Å². The monoisotopic (exact) mass is 209 g/mol. The number of hydrogen-bond donors (Lipinski definition) is 2. The summed E-state index contributed by atoms with van der Waals surface area (Å²) in [5.41, 5.74) is 7.81. The minimum Gasteiger partial charge on any atom is -0.494 e. The molecule has 0 aliphatic rings. The van der Waals surface area contributed by atoms with Gasteiger partial charge in [-0.3, -0.25) is 0 Å². The predicted molar refractivity (Wildman–Crippen MR) is 61.2 cm³/mol. The fourth-order valence-corrected chi connectivity index (χ4v) is 1.66. The summed E-state index contributed by atoms with van der Waals surface area (Å²) in [6, 6.07) is 5.88. The van der Waals surface area contributed by atoms with Gasteiger partial charge in [0.2, 0.25) is 0 Å². The number of aryl methyl sites for hydroxylation is 1. The number of hydrogen-bond acceptors (Lipinski definition) is 3. The van der Waals surface area contributed by atoms with Crippen LogP contribution in [0.15, 0.2) is 18.2 Å². The molecule has 0 aliphatic carbocycles. The number of aliphatic hydroxyl groups is 1. The van der Waals surface area contributed by atoms with Crippen molar-refractivity contribution in [3.05, 3.63) is 29.3 Å². The Morgan fingerprint density at radius 1 is 1.47 bits per heavy atom. The molecule has 3 N–H and O–H groups in total.